The Morgan fingerprint density at radius 1 is 0.927 bits per heavy atom. The van der Waals surface area contributed by atoms with Gasteiger partial charge in [-0.2, -0.15) is 31.4 Å². The third-order valence-electron chi connectivity index (χ3n) is 10.3. The number of alkyl halides is 6. The van der Waals surface area contributed by atoms with E-state index in [1.54, 1.807) is 34.1 Å². The molecule has 1 amide bonds. The largest absolute Gasteiger partial charge is 0.497 e. The summed E-state index contributed by atoms with van der Waals surface area (Å²) >= 11 is 0. The Bertz CT molecular complexity index is 1850. The summed E-state index contributed by atoms with van der Waals surface area (Å²) in [5, 5.41) is 3.73. The van der Waals surface area contributed by atoms with Gasteiger partial charge in [-0.1, -0.05) is 32.9 Å². The van der Waals surface area contributed by atoms with Crippen LogP contribution in [0.15, 0.2) is 47.7 Å². The number of piperidine rings is 1. The average molecular weight is 801 g/mol. The summed E-state index contributed by atoms with van der Waals surface area (Å²) in [4.78, 5) is 38.2. The lowest BCUT2D eigenvalue weighted by Crippen LogP contribution is -2.60. The molecule has 1 unspecified atom stereocenters. The number of anilines is 1. The first-order valence-electron chi connectivity index (χ1n) is 17.8. The van der Waals surface area contributed by atoms with Gasteiger partial charge in [-0.25, -0.2) is 14.6 Å². The molecule has 4 heterocycles. The van der Waals surface area contributed by atoms with Crippen LogP contribution in [0.25, 0.3) is 0 Å². The number of carbonyl (C=O) groups excluding carboxylic acids is 1. The van der Waals surface area contributed by atoms with Crippen LogP contribution in [0, 0.1) is 0 Å². The predicted molar refractivity (Wildman–Crippen MR) is 191 cm³/mol. The fourth-order valence-corrected chi connectivity index (χ4v) is 7.59. The van der Waals surface area contributed by atoms with Gasteiger partial charge in [0, 0.05) is 38.4 Å². The predicted octanol–water partition coefficient (Wildman–Crippen LogP) is 6.18. The topological polar surface area (TPSA) is 121 Å². The highest BCUT2D eigenvalue weighted by Gasteiger charge is 2.47. The lowest BCUT2D eigenvalue weighted by Gasteiger charge is -2.47. The molecule has 2 aliphatic rings. The fraction of sp³-hybridized carbons (Fsp3) is 0.583. The van der Waals surface area contributed by atoms with Gasteiger partial charge in [0.2, 0.25) is 5.95 Å². The number of likely N-dealkylation sites (tertiary alicyclic amines) is 1. The number of nitrogens with zero attached hydrogens (tertiary/aromatic N) is 6. The number of carbonyl (C=O) groups is 1. The minimum absolute atomic E-state index is 0.122. The van der Waals surface area contributed by atoms with Crippen molar-refractivity contribution in [1.82, 2.24) is 24.6 Å². The minimum atomic E-state index is -5.04. The summed E-state index contributed by atoms with van der Waals surface area (Å²) < 4.78 is 106. The smallest absolute Gasteiger partial charge is 0.425 e. The minimum Gasteiger partial charge on any atom is -0.497 e. The maximum atomic E-state index is 14.2. The highest BCUT2D eigenvalue weighted by Crippen LogP contribution is 2.40. The van der Waals surface area contributed by atoms with E-state index in [0.29, 0.717) is 41.9 Å². The SMILES string of the molecule is COc1ccc(Cn2ncc(O[C@@H](C)COC3CCN([C@@H]4CCN(c5ncc(C(F)(F)F)cn5)C[C@H]4O[Si](C)(C)C(C)(C)C)C3=O)c(C(F)(F)F)c2=O)cc1. The van der Waals surface area contributed by atoms with Crippen LogP contribution in [0.4, 0.5) is 32.3 Å². The van der Waals surface area contributed by atoms with E-state index in [-0.39, 0.29) is 42.6 Å². The van der Waals surface area contributed by atoms with Gasteiger partial charge in [0.25, 0.3) is 11.5 Å². The Balaban J connectivity index is 1.25. The second-order valence-electron chi connectivity index (χ2n) is 15.3. The Morgan fingerprint density at radius 2 is 1.58 bits per heavy atom. The fourth-order valence-electron chi connectivity index (χ4n) is 6.25. The quantitative estimate of drug-likeness (QED) is 0.155. The Kier molecular flexibility index (Phi) is 12.3. The van der Waals surface area contributed by atoms with Gasteiger partial charge >= 0.3 is 12.4 Å². The van der Waals surface area contributed by atoms with Gasteiger partial charge in [0.05, 0.1) is 44.2 Å². The molecule has 1 aromatic carbocycles. The summed E-state index contributed by atoms with van der Waals surface area (Å²) in [6.45, 7) is 12.3. The Morgan fingerprint density at radius 3 is 2.16 bits per heavy atom. The zero-order valence-electron chi connectivity index (χ0n) is 31.7. The molecule has 2 aliphatic heterocycles. The monoisotopic (exact) mass is 800 g/mol. The highest BCUT2D eigenvalue weighted by molar-refractivity contribution is 6.74. The maximum Gasteiger partial charge on any atom is 0.425 e. The molecule has 2 saturated heterocycles. The average Bonchev–Trinajstić information content (AvgIpc) is 3.46. The lowest BCUT2D eigenvalue weighted by molar-refractivity contribution is -0.143. The zero-order valence-corrected chi connectivity index (χ0v) is 32.7. The third-order valence-corrected chi connectivity index (χ3v) is 14.8. The van der Waals surface area contributed by atoms with Crippen LogP contribution in [-0.4, -0.2) is 96.6 Å². The number of benzene rings is 1. The molecular formula is C36H46F6N6O6Si. The van der Waals surface area contributed by atoms with Crippen molar-refractivity contribution in [3.63, 3.8) is 0 Å². The molecule has 55 heavy (non-hydrogen) atoms. The van der Waals surface area contributed by atoms with Gasteiger partial charge < -0.3 is 28.4 Å². The van der Waals surface area contributed by atoms with Gasteiger partial charge in [-0.3, -0.25) is 9.59 Å². The molecule has 0 N–H and O–H groups in total. The molecule has 3 aromatic rings. The number of methoxy groups -OCH3 is 1. The molecular weight excluding hydrogens is 755 g/mol. The molecule has 12 nitrogen and oxygen atoms in total. The highest BCUT2D eigenvalue weighted by atomic mass is 28.4. The number of aromatic nitrogens is 4. The van der Waals surface area contributed by atoms with E-state index < -0.39 is 61.4 Å². The van der Waals surface area contributed by atoms with Crippen LogP contribution >= 0.6 is 0 Å². The third kappa shape index (κ3) is 9.78. The van der Waals surface area contributed by atoms with Crippen molar-refractivity contribution in [2.45, 2.75) is 102 Å². The van der Waals surface area contributed by atoms with E-state index in [1.165, 1.54) is 14.0 Å². The van der Waals surface area contributed by atoms with E-state index in [4.69, 9.17) is 18.6 Å². The Labute approximate surface area is 315 Å². The Hall–Kier alpha value is -4.23. The number of ether oxygens (including phenoxy) is 3. The number of amides is 1. The van der Waals surface area contributed by atoms with Crippen molar-refractivity contribution in [3.05, 3.63) is 69.9 Å². The number of hydrogen-bond acceptors (Lipinski definition) is 10. The molecule has 4 atom stereocenters. The van der Waals surface area contributed by atoms with Crippen LogP contribution in [-0.2, 0) is 32.9 Å². The van der Waals surface area contributed by atoms with Crippen molar-refractivity contribution in [1.29, 1.82) is 0 Å². The van der Waals surface area contributed by atoms with Crippen molar-refractivity contribution < 1.29 is 49.8 Å². The van der Waals surface area contributed by atoms with Gasteiger partial charge in [0.15, 0.2) is 19.6 Å². The number of halogens is 6. The lowest BCUT2D eigenvalue weighted by atomic mass is 10.0. The van der Waals surface area contributed by atoms with E-state index >= 15 is 0 Å². The summed E-state index contributed by atoms with van der Waals surface area (Å²) in [6, 6.07) is 6.06. The standard InChI is InChI=1S/C36H46F6N6O6Si/c1-22(53-28-18-45-48(32(50)30(28)36(40,41)42)19-23-8-10-25(51-5)11-9-23)21-52-27-13-15-47(31(27)49)26-12-14-46(20-29(26)54-55(6,7)34(2,3)4)33-43-16-24(17-44-33)35(37,38)39/h8-11,16-18,22,26-27,29H,12-15,19-21H2,1-7H3/t22-,26+,27?,29+/m0/s1. The molecule has 0 aliphatic carbocycles. The van der Waals surface area contributed by atoms with E-state index in [0.717, 1.165) is 18.6 Å². The van der Waals surface area contributed by atoms with Crippen molar-refractivity contribution in [2.75, 3.05) is 38.3 Å². The van der Waals surface area contributed by atoms with Crippen LogP contribution in [0.2, 0.25) is 18.1 Å². The van der Waals surface area contributed by atoms with Crippen molar-refractivity contribution in [2.24, 2.45) is 0 Å². The molecule has 0 radical (unpaired) electrons. The summed E-state index contributed by atoms with van der Waals surface area (Å²) in [6.07, 6.45) is -9.00. The molecule has 5 rings (SSSR count). The molecule has 2 fully saturated rings. The van der Waals surface area contributed by atoms with Gasteiger partial charge in [-0.05, 0) is 49.2 Å². The van der Waals surface area contributed by atoms with Crippen LogP contribution in [0.5, 0.6) is 11.5 Å². The van der Waals surface area contributed by atoms with E-state index in [1.807, 2.05) is 0 Å². The normalized spacial score (nSPS) is 20.5. The summed E-state index contributed by atoms with van der Waals surface area (Å²) in [5.74, 6) is -0.411. The molecule has 302 valence electrons. The molecule has 0 bridgehead atoms. The first-order valence-corrected chi connectivity index (χ1v) is 20.7. The second-order valence-corrected chi connectivity index (χ2v) is 20.0. The van der Waals surface area contributed by atoms with E-state index in [9.17, 15) is 35.9 Å². The summed E-state index contributed by atoms with van der Waals surface area (Å²) in [7, 11) is -0.946. The summed E-state index contributed by atoms with van der Waals surface area (Å²) in [5.41, 5.74) is -3.31. The first kappa shape index (κ1) is 41.9. The molecule has 0 spiro atoms. The van der Waals surface area contributed by atoms with Crippen molar-refractivity contribution >= 4 is 20.2 Å². The molecule has 19 heteroatoms. The van der Waals surface area contributed by atoms with Crippen LogP contribution in [0.3, 0.4) is 0 Å². The van der Waals surface area contributed by atoms with Gasteiger partial charge in [-0.15, -0.1) is 0 Å². The molecule has 0 saturated carbocycles. The second kappa shape index (κ2) is 16.1. The van der Waals surface area contributed by atoms with Gasteiger partial charge in [0.1, 0.15) is 18.0 Å². The zero-order chi connectivity index (χ0) is 40.5. The van der Waals surface area contributed by atoms with Crippen LogP contribution < -0.4 is 19.9 Å². The van der Waals surface area contributed by atoms with Crippen LogP contribution in [0.1, 0.15) is 57.2 Å². The van der Waals surface area contributed by atoms with E-state index in [2.05, 4.69) is 48.9 Å². The first-order chi connectivity index (χ1) is 25.6. The maximum absolute atomic E-state index is 14.2. The van der Waals surface area contributed by atoms with Crippen molar-refractivity contribution in [3.8, 4) is 11.5 Å². The molecule has 2 aromatic heterocycles. The number of hydrogen-bond donors (Lipinski definition) is 0. The number of rotatable bonds is 12.